The molecule has 0 atom stereocenters. The van der Waals surface area contributed by atoms with Crippen LogP contribution in [0.2, 0.25) is 0 Å². The van der Waals surface area contributed by atoms with Crippen molar-refractivity contribution in [3.63, 3.8) is 0 Å². The van der Waals surface area contributed by atoms with Crippen LogP contribution in [-0.4, -0.2) is 44.5 Å². The molecule has 1 N–H and O–H groups in total. The van der Waals surface area contributed by atoms with Gasteiger partial charge in [-0.05, 0) is 36.5 Å². The van der Waals surface area contributed by atoms with Crippen molar-refractivity contribution >= 4 is 15.9 Å². The molecular weight excluding hydrogens is 319 g/mol. The highest BCUT2D eigenvalue weighted by Gasteiger charge is 2.19. The first-order valence-electron chi connectivity index (χ1n) is 7.64. The van der Waals surface area contributed by atoms with Crippen molar-refractivity contribution in [1.29, 1.82) is 0 Å². The van der Waals surface area contributed by atoms with Gasteiger partial charge < -0.3 is 5.32 Å². The third-order valence-electron chi connectivity index (χ3n) is 3.39. The van der Waals surface area contributed by atoms with E-state index in [0.717, 1.165) is 11.8 Å². The summed E-state index contributed by atoms with van der Waals surface area (Å²) in [5.74, 6) is -0.270. The summed E-state index contributed by atoms with van der Waals surface area (Å²) in [5.41, 5.74) is 0.909. The van der Waals surface area contributed by atoms with Crippen molar-refractivity contribution in [3.05, 3.63) is 35.6 Å². The molecule has 1 aromatic carbocycles. The average Bonchev–Trinajstić information content (AvgIpc) is 2.44. The molecule has 0 aromatic heterocycles. The Balaban J connectivity index is 2.44. The summed E-state index contributed by atoms with van der Waals surface area (Å²) in [6.45, 7) is 4.55. The molecule has 1 amide bonds. The number of hydrogen-bond donors (Lipinski definition) is 1. The number of amides is 1. The van der Waals surface area contributed by atoms with Gasteiger partial charge in [-0.1, -0.05) is 26.0 Å². The summed E-state index contributed by atoms with van der Waals surface area (Å²) in [5, 5.41) is 2.70. The van der Waals surface area contributed by atoms with Crippen molar-refractivity contribution < 1.29 is 17.6 Å². The van der Waals surface area contributed by atoms with Gasteiger partial charge >= 0.3 is 0 Å². The molecule has 0 aliphatic heterocycles. The lowest BCUT2D eigenvalue weighted by molar-refractivity contribution is -0.121. The highest BCUT2D eigenvalue weighted by Crippen LogP contribution is 2.06. The number of benzene rings is 1. The minimum atomic E-state index is -3.41. The largest absolute Gasteiger partial charge is 0.355 e. The van der Waals surface area contributed by atoms with Gasteiger partial charge in [-0.15, -0.1) is 0 Å². The van der Waals surface area contributed by atoms with Gasteiger partial charge in [0.2, 0.25) is 15.9 Å². The van der Waals surface area contributed by atoms with Crippen LogP contribution in [0.25, 0.3) is 0 Å². The average molecular weight is 344 g/mol. The third-order valence-corrected chi connectivity index (χ3v) is 4.64. The predicted octanol–water partition coefficient (Wildman–Crippen LogP) is 1.79. The third kappa shape index (κ3) is 8.08. The molecule has 1 rings (SSSR count). The first kappa shape index (κ1) is 19.6. The number of rotatable bonds is 9. The van der Waals surface area contributed by atoms with Crippen LogP contribution in [0.1, 0.15) is 25.8 Å². The molecule has 0 bridgehead atoms. The van der Waals surface area contributed by atoms with E-state index in [9.17, 15) is 17.6 Å². The summed E-state index contributed by atoms with van der Waals surface area (Å²) in [6, 6.07) is 6.06. The molecule has 0 aliphatic carbocycles. The minimum absolute atomic E-state index is 0.172. The van der Waals surface area contributed by atoms with Gasteiger partial charge in [0.05, 0.1) is 12.8 Å². The summed E-state index contributed by atoms with van der Waals surface area (Å²) in [6.07, 6.45) is 2.38. The van der Waals surface area contributed by atoms with Gasteiger partial charge in [-0.3, -0.25) is 4.79 Å². The summed E-state index contributed by atoms with van der Waals surface area (Å²) in [4.78, 5) is 11.9. The molecule has 0 heterocycles. The van der Waals surface area contributed by atoms with E-state index in [1.807, 2.05) is 13.8 Å². The second-order valence-corrected chi connectivity index (χ2v) is 7.99. The van der Waals surface area contributed by atoms with Crippen molar-refractivity contribution in [2.75, 3.05) is 25.9 Å². The van der Waals surface area contributed by atoms with Crippen molar-refractivity contribution in [2.24, 2.45) is 5.92 Å². The number of carbonyl (C=O) groups excluding carboxylic acids is 1. The van der Waals surface area contributed by atoms with Crippen LogP contribution >= 0.6 is 0 Å². The van der Waals surface area contributed by atoms with E-state index in [1.165, 1.54) is 16.4 Å². The molecule has 130 valence electrons. The number of halogens is 1. The molecule has 7 heteroatoms. The van der Waals surface area contributed by atoms with Crippen LogP contribution in [0.3, 0.4) is 0 Å². The Labute approximate surface area is 137 Å². The molecule has 0 saturated heterocycles. The Morgan fingerprint density at radius 2 is 1.87 bits per heavy atom. The Morgan fingerprint density at radius 1 is 1.26 bits per heavy atom. The normalized spacial score (nSPS) is 11.9. The zero-order valence-electron chi connectivity index (χ0n) is 13.9. The number of sulfonamides is 1. The second-order valence-electron chi connectivity index (χ2n) is 6.01. The van der Waals surface area contributed by atoms with Gasteiger partial charge in [0.25, 0.3) is 0 Å². The Bertz CT molecular complexity index is 600. The Morgan fingerprint density at radius 3 is 2.39 bits per heavy atom. The summed E-state index contributed by atoms with van der Waals surface area (Å²) >= 11 is 0. The smallest absolute Gasteiger partial charge is 0.235 e. The van der Waals surface area contributed by atoms with Crippen molar-refractivity contribution in [3.8, 4) is 0 Å². The van der Waals surface area contributed by atoms with E-state index in [4.69, 9.17) is 0 Å². The lowest BCUT2D eigenvalue weighted by Gasteiger charge is -2.20. The quantitative estimate of drug-likeness (QED) is 0.743. The van der Waals surface area contributed by atoms with Gasteiger partial charge in [0, 0.05) is 13.1 Å². The molecule has 0 radical (unpaired) electrons. The molecule has 0 saturated carbocycles. The van der Waals surface area contributed by atoms with Crippen LogP contribution in [-0.2, 0) is 21.2 Å². The molecule has 0 aliphatic rings. The van der Waals surface area contributed by atoms with E-state index in [-0.39, 0.29) is 18.3 Å². The number of hydrogen-bond acceptors (Lipinski definition) is 3. The maximum absolute atomic E-state index is 12.8. The molecule has 23 heavy (non-hydrogen) atoms. The minimum Gasteiger partial charge on any atom is -0.355 e. The molecule has 1 aromatic rings. The van der Waals surface area contributed by atoms with Crippen LogP contribution in [0.15, 0.2) is 24.3 Å². The van der Waals surface area contributed by atoms with E-state index in [2.05, 4.69) is 5.32 Å². The lowest BCUT2D eigenvalue weighted by Crippen LogP contribution is -2.41. The van der Waals surface area contributed by atoms with Crippen LogP contribution in [0.4, 0.5) is 4.39 Å². The monoisotopic (exact) mass is 344 g/mol. The van der Waals surface area contributed by atoms with Crippen LogP contribution < -0.4 is 5.32 Å². The molecule has 0 fully saturated rings. The van der Waals surface area contributed by atoms with Crippen LogP contribution in [0, 0.1) is 11.7 Å². The van der Waals surface area contributed by atoms with E-state index in [0.29, 0.717) is 31.8 Å². The molecule has 0 unspecified atom stereocenters. The standard InChI is InChI=1S/C16H25FN2O3S/c1-13(2)9-11-19(23(3,21)22)12-16(20)18-10-8-14-4-6-15(17)7-5-14/h4-7,13H,8-12H2,1-3H3,(H,18,20). The zero-order valence-corrected chi connectivity index (χ0v) is 14.7. The second kappa shape index (κ2) is 8.98. The summed E-state index contributed by atoms with van der Waals surface area (Å²) in [7, 11) is -3.41. The predicted molar refractivity (Wildman–Crippen MR) is 89.0 cm³/mol. The fourth-order valence-electron chi connectivity index (χ4n) is 1.98. The summed E-state index contributed by atoms with van der Waals surface area (Å²) < 4.78 is 37.4. The van der Waals surface area contributed by atoms with Crippen molar-refractivity contribution in [2.45, 2.75) is 26.7 Å². The first-order valence-corrected chi connectivity index (χ1v) is 9.49. The van der Waals surface area contributed by atoms with E-state index < -0.39 is 10.0 Å². The zero-order chi connectivity index (χ0) is 17.5. The highest BCUT2D eigenvalue weighted by atomic mass is 32.2. The molecule has 5 nitrogen and oxygen atoms in total. The van der Waals surface area contributed by atoms with Gasteiger partial charge in [0.1, 0.15) is 5.82 Å². The Kier molecular flexibility index (Phi) is 7.64. The fourth-order valence-corrected chi connectivity index (χ4v) is 2.77. The molecule has 0 spiro atoms. The van der Waals surface area contributed by atoms with E-state index >= 15 is 0 Å². The number of carbonyl (C=O) groups is 1. The number of nitrogens with zero attached hydrogens (tertiary/aromatic N) is 1. The number of nitrogens with one attached hydrogen (secondary N) is 1. The maximum atomic E-state index is 12.8. The lowest BCUT2D eigenvalue weighted by atomic mass is 10.1. The topological polar surface area (TPSA) is 66.5 Å². The first-order chi connectivity index (χ1) is 10.7. The maximum Gasteiger partial charge on any atom is 0.235 e. The van der Waals surface area contributed by atoms with Gasteiger partial charge in [-0.25, -0.2) is 12.8 Å². The van der Waals surface area contributed by atoms with Gasteiger partial charge in [0.15, 0.2) is 0 Å². The SMILES string of the molecule is CC(C)CCN(CC(=O)NCCc1ccc(F)cc1)S(C)(=O)=O. The van der Waals surface area contributed by atoms with Crippen molar-refractivity contribution in [1.82, 2.24) is 9.62 Å². The fraction of sp³-hybridized carbons (Fsp3) is 0.562. The highest BCUT2D eigenvalue weighted by molar-refractivity contribution is 7.88. The van der Waals surface area contributed by atoms with Crippen LogP contribution in [0.5, 0.6) is 0 Å². The molecular formula is C16H25FN2O3S. The Hall–Kier alpha value is -1.47. The van der Waals surface area contributed by atoms with Gasteiger partial charge in [-0.2, -0.15) is 4.31 Å². The van der Waals surface area contributed by atoms with E-state index in [1.54, 1.807) is 12.1 Å².